The summed E-state index contributed by atoms with van der Waals surface area (Å²) in [6, 6.07) is 11.1. The molecule has 46 heavy (non-hydrogen) atoms. The van der Waals surface area contributed by atoms with E-state index < -0.39 is 12.1 Å². The largest absolute Gasteiger partial charge is 0.368 e. The fourth-order valence-electron chi connectivity index (χ4n) is 6.69. The minimum atomic E-state index is -1.19. The third-order valence-electron chi connectivity index (χ3n) is 9.28. The first-order chi connectivity index (χ1) is 22.1. The average molecular weight is 646 g/mol. The van der Waals surface area contributed by atoms with Crippen LogP contribution in [0.15, 0.2) is 42.6 Å². The molecular formula is C32H33ClFN9O3. The van der Waals surface area contributed by atoms with E-state index in [1.165, 1.54) is 6.20 Å². The normalized spacial score (nSPS) is 21.5. The molecule has 3 aliphatic rings. The van der Waals surface area contributed by atoms with Crippen molar-refractivity contribution in [2.24, 2.45) is 7.05 Å². The van der Waals surface area contributed by atoms with Crippen LogP contribution >= 0.6 is 11.6 Å². The Morgan fingerprint density at radius 1 is 1.11 bits per heavy atom. The maximum atomic E-state index is 15.9. The zero-order valence-electron chi connectivity index (χ0n) is 25.6. The third kappa shape index (κ3) is 5.27. The maximum Gasteiger partial charge on any atom is 0.235 e. The van der Waals surface area contributed by atoms with E-state index in [1.54, 1.807) is 16.6 Å². The van der Waals surface area contributed by atoms with Crippen LogP contribution in [0.3, 0.4) is 0 Å². The number of carbonyl (C=O) groups excluding carboxylic acids is 3. The lowest BCUT2D eigenvalue weighted by atomic mass is 9.92. The molecule has 2 aromatic carbocycles. The van der Waals surface area contributed by atoms with Crippen LogP contribution in [0.1, 0.15) is 36.4 Å². The number of rotatable bonds is 6. The molecule has 3 aliphatic heterocycles. The van der Waals surface area contributed by atoms with E-state index in [0.29, 0.717) is 48.3 Å². The molecule has 1 unspecified atom stereocenters. The van der Waals surface area contributed by atoms with Gasteiger partial charge in [0, 0.05) is 56.6 Å². The van der Waals surface area contributed by atoms with E-state index >= 15 is 4.39 Å². The molecule has 3 atom stereocenters. The molecule has 14 heteroatoms. The Morgan fingerprint density at radius 2 is 1.93 bits per heavy atom. The minimum Gasteiger partial charge on any atom is -0.368 e. The number of hydrogen-bond acceptors (Lipinski definition) is 9. The second-order valence-electron chi connectivity index (χ2n) is 12.1. The van der Waals surface area contributed by atoms with E-state index in [1.807, 2.05) is 60.3 Å². The average Bonchev–Trinajstić information content (AvgIpc) is 3.51. The Labute approximate surface area is 269 Å². The zero-order chi connectivity index (χ0) is 32.3. The van der Waals surface area contributed by atoms with Crippen molar-refractivity contribution in [2.45, 2.75) is 43.8 Å². The summed E-state index contributed by atoms with van der Waals surface area (Å²) in [7, 11) is 5.46. The van der Waals surface area contributed by atoms with Gasteiger partial charge in [-0.25, -0.2) is 9.37 Å². The molecule has 0 saturated carbocycles. The highest BCUT2D eigenvalue weighted by atomic mass is 35.5. The number of aryl methyl sites for hydroxylation is 1. The maximum absolute atomic E-state index is 15.9. The van der Waals surface area contributed by atoms with Gasteiger partial charge in [-0.1, -0.05) is 11.6 Å². The number of piperidine rings is 2. The van der Waals surface area contributed by atoms with Crippen molar-refractivity contribution < 1.29 is 18.8 Å². The van der Waals surface area contributed by atoms with Crippen molar-refractivity contribution in [2.75, 3.05) is 47.2 Å². The number of anilines is 5. The number of aromatic nitrogens is 4. The quantitative estimate of drug-likeness (QED) is 0.301. The number of amides is 3. The lowest BCUT2D eigenvalue weighted by molar-refractivity contribution is -0.134. The number of nitrogens with one attached hydrogen (secondary N) is 2. The number of halogens is 2. The molecule has 3 amide bonds. The Morgan fingerprint density at radius 3 is 2.72 bits per heavy atom. The van der Waals surface area contributed by atoms with Gasteiger partial charge in [0.2, 0.25) is 23.7 Å². The first-order valence-corrected chi connectivity index (χ1v) is 15.6. The van der Waals surface area contributed by atoms with Crippen molar-refractivity contribution >= 4 is 69.1 Å². The molecule has 0 bridgehead atoms. The third-order valence-corrected chi connectivity index (χ3v) is 9.55. The molecule has 2 saturated heterocycles. The van der Waals surface area contributed by atoms with Gasteiger partial charge in [-0.3, -0.25) is 24.4 Å². The first kappa shape index (κ1) is 29.9. The van der Waals surface area contributed by atoms with Crippen LogP contribution in [-0.4, -0.2) is 76.9 Å². The van der Waals surface area contributed by atoms with Crippen LogP contribution in [0, 0.1) is 0 Å². The summed E-state index contributed by atoms with van der Waals surface area (Å²) in [4.78, 5) is 50.7. The highest BCUT2D eigenvalue weighted by Gasteiger charge is 2.35. The molecule has 5 heterocycles. The van der Waals surface area contributed by atoms with Gasteiger partial charge < -0.3 is 20.0 Å². The summed E-state index contributed by atoms with van der Waals surface area (Å²) in [5.41, 5.74) is 4.85. The number of carbonyl (C=O) groups is 3. The highest BCUT2D eigenvalue weighted by molar-refractivity contribution is 6.33. The van der Waals surface area contributed by atoms with Crippen LogP contribution in [-0.2, 0) is 27.9 Å². The summed E-state index contributed by atoms with van der Waals surface area (Å²) in [6.45, 7) is 0.647. The number of hydrogen-bond donors (Lipinski definition) is 2. The predicted octanol–water partition coefficient (Wildman–Crippen LogP) is 3.85. The SMILES string of the molecule is CN1C(=O)Cc2cc(Nc3nc(N4CC[C@@H](N(C)c5ccc6c(C7CCC(=O)NC7=O)nn(C)c6c5)[C@H](F)C4)ncc3Cl)ccc21. The summed E-state index contributed by atoms with van der Waals surface area (Å²) >= 11 is 6.43. The summed E-state index contributed by atoms with van der Waals surface area (Å²) in [5, 5.41) is 11.4. The van der Waals surface area contributed by atoms with E-state index in [9.17, 15) is 14.4 Å². The lowest BCUT2D eigenvalue weighted by Gasteiger charge is -2.40. The molecule has 0 spiro atoms. The molecule has 0 radical (unpaired) electrons. The van der Waals surface area contributed by atoms with Gasteiger partial charge in [-0.15, -0.1) is 0 Å². The van der Waals surface area contributed by atoms with E-state index in [2.05, 4.69) is 25.7 Å². The summed E-state index contributed by atoms with van der Waals surface area (Å²) < 4.78 is 17.6. The molecule has 0 aliphatic carbocycles. The van der Waals surface area contributed by atoms with Crippen molar-refractivity contribution in [1.29, 1.82) is 0 Å². The van der Waals surface area contributed by atoms with Gasteiger partial charge in [0.1, 0.15) is 11.2 Å². The standard InChI is InChI=1S/C32H33ClFN9O3/c1-40(19-5-6-20-26(14-19)42(3)39-29(20)21-7-9-27(44)37-31(21)46)25-10-11-43(16-23(25)34)32-35-15-22(33)30(38-32)36-18-4-8-24-17(12-18)13-28(45)41(24)2/h4-6,8,12,14-15,21,23,25H,7,9-11,13,16H2,1-3H3,(H,35,36,38)(H,37,44,46)/t21?,23-,25-/m1/s1. The molecule has 2 fully saturated rings. The van der Waals surface area contributed by atoms with Gasteiger partial charge in [-0.05, 0) is 54.8 Å². The monoisotopic (exact) mass is 645 g/mol. The Balaban J connectivity index is 1.05. The number of alkyl halides is 1. The predicted molar refractivity (Wildman–Crippen MR) is 174 cm³/mol. The minimum absolute atomic E-state index is 0.0424. The number of nitrogens with zero attached hydrogens (tertiary/aromatic N) is 7. The van der Waals surface area contributed by atoms with E-state index in [4.69, 9.17) is 11.6 Å². The van der Waals surface area contributed by atoms with Crippen LogP contribution in [0.4, 0.5) is 33.2 Å². The van der Waals surface area contributed by atoms with Gasteiger partial charge in [0.25, 0.3) is 0 Å². The summed E-state index contributed by atoms with van der Waals surface area (Å²) in [5.74, 6) is -0.257. The van der Waals surface area contributed by atoms with Crippen molar-refractivity contribution in [3.63, 3.8) is 0 Å². The second-order valence-corrected chi connectivity index (χ2v) is 12.5. The zero-order valence-corrected chi connectivity index (χ0v) is 26.4. The first-order valence-electron chi connectivity index (χ1n) is 15.2. The highest BCUT2D eigenvalue weighted by Crippen LogP contribution is 2.35. The number of fused-ring (bicyclic) bond motifs is 2. The fourth-order valence-corrected chi connectivity index (χ4v) is 6.83. The van der Waals surface area contributed by atoms with Gasteiger partial charge in [-0.2, -0.15) is 10.1 Å². The molecule has 4 aromatic rings. The van der Waals surface area contributed by atoms with Crippen molar-refractivity contribution in [3.8, 4) is 0 Å². The van der Waals surface area contributed by atoms with Crippen LogP contribution in [0.25, 0.3) is 10.9 Å². The van der Waals surface area contributed by atoms with Gasteiger partial charge in [0.15, 0.2) is 5.82 Å². The topological polar surface area (TPSA) is 129 Å². The van der Waals surface area contributed by atoms with Gasteiger partial charge in [0.05, 0.1) is 42.3 Å². The fraction of sp³-hybridized carbons (Fsp3) is 0.375. The lowest BCUT2D eigenvalue weighted by Crippen LogP contribution is -2.52. The van der Waals surface area contributed by atoms with E-state index in [-0.39, 0.29) is 36.7 Å². The van der Waals surface area contributed by atoms with Crippen LogP contribution in [0.5, 0.6) is 0 Å². The molecular weight excluding hydrogens is 613 g/mol. The molecule has 2 N–H and O–H groups in total. The Kier molecular flexibility index (Phi) is 7.50. The summed E-state index contributed by atoms with van der Waals surface area (Å²) in [6.07, 6.45) is 1.88. The molecule has 7 rings (SSSR count). The van der Waals surface area contributed by atoms with E-state index in [0.717, 1.165) is 33.5 Å². The number of likely N-dealkylation sites (N-methyl/N-ethyl adjacent to an activating group) is 1. The smallest absolute Gasteiger partial charge is 0.235 e. The Hall–Kier alpha value is -4.78. The Bertz CT molecular complexity index is 1900. The van der Waals surface area contributed by atoms with Crippen molar-refractivity contribution in [1.82, 2.24) is 25.1 Å². The molecule has 12 nitrogen and oxygen atoms in total. The second kappa shape index (κ2) is 11.5. The van der Waals surface area contributed by atoms with Gasteiger partial charge >= 0.3 is 0 Å². The van der Waals surface area contributed by atoms with Crippen LogP contribution < -0.4 is 25.3 Å². The van der Waals surface area contributed by atoms with Crippen molar-refractivity contribution in [3.05, 3.63) is 58.9 Å². The number of imide groups is 1. The number of benzene rings is 2. The molecule has 238 valence electrons. The van der Waals surface area contributed by atoms with Crippen LogP contribution in [0.2, 0.25) is 5.02 Å². The molecule has 2 aromatic heterocycles.